The van der Waals surface area contributed by atoms with Gasteiger partial charge in [0.05, 0.1) is 94.5 Å². The highest BCUT2D eigenvalue weighted by Gasteiger charge is 2.38. The number of benzene rings is 1. The maximum Gasteiger partial charge on any atom is 0.254 e. The fourth-order valence-corrected chi connectivity index (χ4v) is 17.6. The lowest BCUT2D eigenvalue weighted by Crippen LogP contribution is -2.56. The van der Waals surface area contributed by atoms with Crippen LogP contribution >= 0.6 is 0 Å². The first kappa shape index (κ1) is 70.9. The Bertz CT molecular complexity index is 5580. The predicted octanol–water partition coefficient (Wildman–Crippen LogP) is 11.6. The maximum atomic E-state index is 13.7. The zero-order valence-corrected chi connectivity index (χ0v) is 62.8. The highest BCUT2D eigenvalue weighted by atomic mass is 19.1. The summed E-state index contributed by atoms with van der Waals surface area (Å²) in [6, 6.07) is 31.5. The van der Waals surface area contributed by atoms with Gasteiger partial charge in [-0.3, -0.25) is 38.6 Å². The number of nitrogens with one attached hydrogen (secondary N) is 7. The standard InChI is InChI=1S/C30H32FN7O2.C28H30N8O.C26H27N7O/c1-30(37-12-14-40-15-13-37)7-10-36(11-8-30)21-2-5-26(32-17-21)35-24-4-3-22(23-18-34-29(39)28(23)24)25-19-33-27-16-20(31)6-9-38(25)27;1-34-13-9-20-19(7-10-29-27(20)34)26-21-15-31-28(37)25(21)22(16-30-26)32-23-5-4-6-24(33-23)36-14-8-18(17-36)35-11-2-3-12-35;1-26(8-11-27-12-9-26)20-4-3-5-21(32-20)31-19-15-29-23(18-14-30-25(34)22(18)19)16-6-10-28-24-17(16)7-13-33(24)2/h2-6,9,16-17,19H,7-8,10-15,18H2,1H3,(H,32,35)(H,34,39);4-7,9-10,13,16,18H,2-3,8,11-12,14-15,17H2,1H3,(H,31,37)(H,32,33);3-7,10,13,15,27H,8-9,11-12,14H2,1-2H3,(H,30,34)(H,31,32)/t;18-;/m.1./s1. The monoisotopic (exact) mass is 1490 g/mol. The van der Waals surface area contributed by atoms with E-state index >= 15 is 0 Å². The van der Waals surface area contributed by atoms with Gasteiger partial charge in [-0.05, 0) is 156 Å². The molecule has 8 aliphatic rings. The molecule has 0 spiro atoms. The number of ether oxygens (including phenoxy) is 1. The summed E-state index contributed by atoms with van der Waals surface area (Å²) in [7, 11) is 3.95. The normalized spacial score (nSPS) is 18.6. The molecule has 0 saturated carbocycles. The van der Waals surface area contributed by atoms with Crippen LogP contribution in [0, 0.1) is 5.82 Å². The first-order chi connectivity index (χ1) is 54.2. The highest BCUT2D eigenvalue weighted by Crippen LogP contribution is 2.42. The molecular weight excluding hydrogens is 1400 g/mol. The van der Waals surface area contributed by atoms with Gasteiger partial charge >= 0.3 is 0 Å². The fraction of sp³-hybridized carbons (Fsp3) is 0.345. The van der Waals surface area contributed by atoms with Gasteiger partial charge in [-0.1, -0.05) is 25.1 Å². The van der Waals surface area contributed by atoms with Crippen LogP contribution in [0.25, 0.3) is 61.5 Å². The Morgan fingerprint density at radius 3 is 1.79 bits per heavy atom. The molecule has 11 aromatic heterocycles. The van der Waals surface area contributed by atoms with Crippen LogP contribution in [0.4, 0.5) is 50.4 Å². The molecule has 111 heavy (non-hydrogen) atoms. The molecule has 5 fully saturated rings. The topological polar surface area (TPSA) is 275 Å². The zero-order valence-electron chi connectivity index (χ0n) is 62.8. The van der Waals surface area contributed by atoms with Crippen LogP contribution in [0.5, 0.6) is 0 Å². The van der Waals surface area contributed by atoms with Crippen LogP contribution in [0.3, 0.4) is 0 Å². The molecule has 0 radical (unpaired) electrons. The van der Waals surface area contributed by atoms with E-state index in [-0.39, 0.29) is 34.5 Å². The summed E-state index contributed by atoms with van der Waals surface area (Å²) in [6.45, 7) is 18.1. The molecule has 1 aromatic carbocycles. The van der Waals surface area contributed by atoms with Gasteiger partial charge in [0.2, 0.25) is 0 Å². The van der Waals surface area contributed by atoms with Gasteiger partial charge in [0.15, 0.2) is 0 Å². The number of pyridine rings is 8. The molecule has 27 heteroatoms. The zero-order chi connectivity index (χ0) is 75.5. The van der Waals surface area contributed by atoms with Gasteiger partial charge in [0.25, 0.3) is 17.7 Å². The van der Waals surface area contributed by atoms with Crippen LogP contribution in [0.2, 0.25) is 0 Å². The number of carbonyl (C=O) groups is 3. The van der Waals surface area contributed by atoms with E-state index in [9.17, 15) is 18.8 Å². The third-order valence-corrected chi connectivity index (χ3v) is 23.9. The number of amides is 3. The van der Waals surface area contributed by atoms with Gasteiger partial charge in [0, 0.05) is 171 Å². The van der Waals surface area contributed by atoms with Crippen molar-refractivity contribution < 1.29 is 23.5 Å². The molecule has 3 amide bonds. The second kappa shape index (κ2) is 29.6. The number of rotatable bonds is 14. The van der Waals surface area contributed by atoms with Gasteiger partial charge in [0.1, 0.15) is 46.0 Å². The number of aromatic nitrogens is 11. The molecule has 7 N–H and O–H groups in total. The molecule has 0 aliphatic carbocycles. The minimum atomic E-state index is -0.337. The van der Waals surface area contributed by atoms with Crippen molar-refractivity contribution in [3.8, 4) is 33.8 Å². The first-order valence-electron chi connectivity index (χ1n) is 38.6. The van der Waals surface area contributed by atoms with Crippen LogP contribution in [0.1, 0.15) is 112 Å². The van der Waals surface area contributed by atoms with Gasteiger partial charge < -0.3 is 60.9 Å². The molecule has 566 valence electrons. The van der Waals surface area contributed by atoms with Crippen LogP contribution in [-0.2, 0) is 43.9 Å². The van der Waals surface area contributed by atoms with E-state index in [0.29, 0.717) is 76.7 Å². The smallest absolute Gasteiger partial charge is 0.254 e. The van der Waals surface area contributed by atoms with Crippen molar-refractivity contribution in [2.75, 3.05) is 104 Å². The second-order valence-corrected chi connectivity index (χ2v) is 30.7. The molecular formula is C84H89FN22O4. The van der Waals surface area contributed by atoms with Gasteiger partial charge in [-0.25, -0.2) is 34.3 Å². The molecule has 20 rings (SSSR count). The summed E-state index contributed by atoms with van der Waals surface area (Å²) in [6.07, 6.45) is 24.5. The largest absolute Gasteiger partial charge is 0.379 e. The van der Waals surface area contributed by atoms with Crippen molar-refractivity contribution >= 4 is 91.5 Å². The number of hydrogen-bond donors (Lipinski definition) is 7. The number of piperidine rings is 2. The fourth-order valence-electron chi connectivity index (χ4n) is 17.6. The van der Waals surface area contributed by atoms with E-state index < -0.39 is 0 Å². The van der Waals surface area contributed by atoms with E-state index in [1.165, 1.54) is 44.5 Å². The Balaban J connectivity index is 0.000000117. The van der Waals surface area contributed by atoms with Crippen molar-refractivity contribution in [1.29, 1.82) is 0 Å². The number of fused-ring (bicyclic) bond motifs is 6. The minimum absolute atomic E-state index is 0.0484. The van der Waals surface area contributed by atoms with E-state index in [0.717, 1.165) is 187 Å². The van der Waals surface area contributed by atoms with Crippen molar-refractivity contribution in [2.24, 2.45) is 14.1 Å². The number of carbonyl (C=O) groups excluding carboxylic acids is 3. The molecule has 8 aliphatic heterocycles. The average Bonchev–Trinajstić information content (AvgIpc) is 1.47. The van der Waals surface area contributed by atoms with Crippen LogP contribution < -0.4 is 47.0 Å². The molecule has 0 unspecified atom stereocenters. The van der Waals surface area contributed by atoms with E-state index in [1.54, 1.807) is 37.2 Å². The highest BCUT2D eigenvalue weighted by molar-refractivity contribution is 6.09. The SMILES string of the molecule is CC1(N2CCOCC2)CCN(c2ccc(Nc3ccc(-c4cnc5cc(F)ccn45)c4c3C(=O)NC4)nc2)CC1.Cn1ccc2c(-c3ncc(Nc4cccc(C5(C)CCNCC5)n4)c4c3CNC4=O)ccnc21.Cn1ccc2c(-c3ncc(Nc4cccc(N5CC[C@@H](N6CCCC6)C5)n4)c4c3CNC4=O)ccnc21. The number of imidazole rings is 1. The lowest BCUT2D eigenvalue weighted by Gasteiger charge is -2.48. The predicted molar refractivity (Wildman–Crippen MR) is 428 cm³/mol. The number of nitrogens with zero attached hydrogens (tertiary/aromatic N) is 15. The Kier molecular flexibility index (Phi) is 18.9. The number of hydrogen-bond acceptors (Lipinski definition) is 20. The average molecular weight is 1490 g/mol. The number of aryl methyl sites for hydroxylation is 2. The second-order valence-electron chi connectivity index (χ2n) is 30.7. The van der Waals surface area contributed by atoms with E-state index in [2.05, 4.69) is 109 Å². The molecule has 1 atom stereocenters. The van der Waals surface area contributed by atoms with Crippen molar-refractivity contribution in [1.82, 2.24) is 84.5 Å². The lowest BCUT2D eigenvalue weighted by molar-refractivity contribution is -0.0248. The van der Waals surface area contributed by atoms with Gasteiger partial charge in [-0.2, -0.15) is 0 Å². The van der Waals surface area contributed by atoms with Crippen LogP contribution in [-0.4, -0.2) is 171 Å². The Morgan fingerprint density at radius 2 is 1.15 bits per heavy atom. The van der Waals surface area contributed by atoms with Crippen molar-refractivity contribution in [3.63, 3.8) is 0 Å². The minimum Gasteiger partial charge on any atom is -0.379 e. The maximum absolute atomic E-state index is 13.7. The lowest BCUT2D eigenvalue weighted by atomic mass is 9.78. The number of likely N-dealkylation sites (tertiary alicyclic amines) is 1. The van der Waals surface area contributed by atoms with Crippen LogP contribution in [0.15, 0.2) is 153 Å². The summed E-state index contributed by atoms with van der Waals surface area (Å²) >= 11 is 0. The Morgan fingerprint density at radius 1 is 0.541 bits per heavy atom. The summed E-state index contributed by atoms with van der Waals surface area (Å²) < 4.78 is 25.0. The molecule has 19 heterocycles. The summed E-state index contributed by atoms with van der Waals surface area (Å²) in [5.41, 5.74) is 16.6. The number of anilines is 8. The first-order valence-corrected chi connectivity index (χ1v) is 38.6. The number of halogens is 1. The quantitative estimate of drug-likeness (QED) is 0.0533. The Labute approximate surface area is 641 Å². The van der Waals surface area contributed by atoms with E-state index in [1.807, 2.05) is 113 Å². The van der Waals surface area contributed by atoms with Crippen molar-refractivity contribution in [3.05, 3.63) is 198 Å². The molecule has 26 nitrogen and oxygen atoms in total. The molecule has 12 aromatic rings. The van der Waals surface area contributed by atoms with Gasteiger partial charge in [-0.15, -0.1) is 0 Å². The number of morpholine rings is 1. The van der Waals surface area contributed by atoms with E-state index in [4.69, 9.17) is 24.7 Å². The molecule has 0 bridgehead atoms. The summed E-state index contributed by atoms with van der Waals surface area (Å²) in [5, 5.41) is 24.5. The molecule has 5 saturated heterocycles. The summed E-state index contributed by atoms with van der Waals surface area (Å²) in [4.78, 5) is 86.2. The Hall–Kier alpha value is -11.8. The third-order valence-electron chi connectivity index (χ3n) is 23.9. The third kappa shape index (κ3) is 13.6. The van der Waals surface area contributed by atoms with Crippen molar-refractivity contribution in [2.45, 2.75) is 95.4 Å². The summed E-state index contributed by atoms with van der Waals surface area (Å²) in [5.74, 6) is 2.43.